The lowest BCUT2D eigenvalue weighted by atomic mass is 9.78. The van der Waals surface area contributed by atoms with Crippen LogP contribution in [0.1, 0.15) is 62.6 Å². The number of nitrogens with one attached hydrogen (secondary N) is 1. The molecule has 2 heterocycles. The third-order valence-corrected chi connectivity index (χ3v) is 4.10. The zero-order valence-corrected chi connectivity index (χ0v) is 12.2. The fourth-order valence-electron chi connectivity index (χ4n) is 3.06. The van der Waals surface area contributed by atoms with Crippen molar-refractivity contribution in [1.29, 1.82) is 0 Å². The van der Waals surface area contributed by atoms with Crippen LogP contribution in [-0.4, -0.2) is 18.1 Å². The molecule has 1 aliphatic heterocycles. The summed E-state index contributed by atoms with van der Waals surface area (Å²) in [7, 11) is 0. The molecule has 1 unspecified atom stereocenters. The van der Waals surface area contributed by atoms with E-state index in [-0.39, 0.29) is 0 Å². The summed E-state index contributed by atoms with van der Waals surface area (Å²) in [5.41, 5.74) is 4.54. The minimum Gasteiger partial charge on any atom is -0.316 e. The number of nitrogens with zero attached hydrogens (tertiary/aromatic N) is 1. The van der Waals surface area contributed by atoms with Crippen LogP contribution in [0.4, 0.5) is 0 Å². The number of hydrogen-bond donors (Lipinski definition) is 1. The van der Waals surface area contributed by atoms with E-state index >= 15 is 0 Å². The standard InChI is InChI=1S/C16H26N2/c1-11(2)14-6-8-17-7-5-13-9-18-10-15(12(3)4)16(13)14/h9-12,14,17H,5-8H2,1-4H3. The van der Waals surface area contributed by atoms with Crippen molar-refractivity contribution < 1.29 is 0 Å². The molecule has 2 heteroatoms. The Morgan fingerprint density at radius 3 is 2.61 bits per heavy atom. The van der Waals surface area contributed by atoms with Crippen molar-refractivity contribution in [1.82, 2.24) is 10.3 Å². The van der Waals surface area contributed by atoms with Gasteiger partial charge in [-0.25, -0.2) is 0 Å². The molecule has 0 aromatic carbocycles. The zero-order chi connectivity index (χ0) is 13.1. The molecule has 1 aromatic heterocycles. The molecule has 0 saturated carbocycles. The van der Waals surface area contributed by atoms with Crippen molar-refractivity contribution in [2.24, 2.45) is 5.92 Å². The molecule has 2 rings (SSSR count). The van der Waals surface area contributed by atoms with E-state index in [0.717, 1.165) is 19.5 Å². The predicted molar refractivity (Wildman–Crippen MR) is 77.1 cm³/mol. The van der Waals surface area contributed by atoms with E-state index in [0.29, 0.717) is 17.8 Å². The molecule has 0 aliphatic carbocycles. The highest BCUT2D eigenvalue weighted by Crippen LogP contribution is 2.36. The van der Waals surface area contributed by atoms with Gasteiger partial charge < -0.3 is 5.32 Å². The highest BCUT2D eigenvalue weighted by Gasteiger charge is 2.24. The van der Waals surface area contributed by atoms with Gasteiger partial charge in [0.25, 0.3) is 0 Å². The van der Waals surface area contributed by atoms with Crippen LogP contribution < -0.4 is 5.32 Å². The van der Waals surface area contributed by atoms with Gasteiger partial charge in [-0.15, -0.1) is 0 Å². The molecule has 1 atom stereocenters. The van der Waals surface area contributed by atoms with Crippen molar-refractivity contribution in [2.75, 3.05) is 13.1 Å². The van der Waals surface area contributed by atoms with E-state index in [1.165, 1.54) is 17.5 Å². The lowest BCUT2D eigenvalue weighted by Crippen LogP contribution is -2.27. The third-order valence-electron chi connectivity index (χ3n) is 4.10. The van der Waals surface area contributed by atoms with Gasteiger partial charge >= 0.3 is 0 Å². The van der Waals surface area contributed by atoms with Crippen LogP contribution in [0.15, 0.2) is 12.4 Å². The van der Waals surface area contributed by atoms with Gasteiger partial charge in [-0.3, -0.25) is 4.98 Å². The first kappa shape index (κ1) is 13.5. The Bertz CT molecular complexity index is 396. The Labute approximate surface area is 111 Å². The minimum atomic E-state index is 0.570. The molecule has 0 fully saturated rings. The fraction of sp³-hybridized carbons (Fsp3) is 0.688. The molecule has 0 bridgehead atoms. The summed E-state index contributed by atoms with van der Waals surface area (Å²) >= 11 is 0. The van der Waals surface area contributed by atoms with Gasteiger partial charge in [0, 0.05) is 12.4 Å². The Balaban J connectivity index is 2.51. The SMILES string of the molecule is CC(C)c1cncc2c1C(C(C)C)CCNCC2. The molecule has 0 radical (unpaired) electrons. The first-order chi connectivity index (χ1) is 8.61. The molecule has 0 spiro atoms. The summed E-state index contributed by atoms with van der Waals surface area (Å²) < 4.78 is 0. The topological polar surface area (TPSA) is 24.9 Å². The summed E-state index contributed by atoms with van der Waals surface area (Å²) in [6, 6.07) is 0. The maximum absolute atomic E-state index is 4.46. The predicted octanol–water partition coefficient (Wildman–Crippen LogP) is 3.48. The average Bonchev–Trinajstić information content (AvgIpc) is 2.28. The molecule has 0 amide bonds. The fourth-order valence-corrected chi connectivity index (χ4v) is 3.06. The smallest absolute Gasteiger partial charge is 0.0305 e. The summed E-state index contributed by atoms with van der Waals surface area (Å²) in [6.45, 7) is 11.5. The summed E-state index contributed by atoms with van der Waals surface area (Å²) in [5.74, 6) is 1.94. The lowest BCUT2D eigenvalue weighted by molar-refractivity contribution is 0.436. The average molecular weight is 246 g/mol. The van der Waals surface area contributed by atoms with Gasteiger partial charge in [0.05, 0.1) is 0 Å². The van der Waals surface area contributed by atoms with Crippen molar-refractivity contribution in [3.63, 3.8) is 0 Å². The second-order valence-corrected chi connectivity index (χ2v) is 6.10. The molecule has 100 valence electrons. The highest BCUT2D eigenvalue weighted by molar-refractivity contribution is 5.38. The molecule has 1 N–H and O–H groups in total. The molecule has 1 aliphatic rings. The van der Waals surface area contributed by atoms with E-state index in [1.54, 1.807) is 5.56 Å². The largest absolute Gasteiger partial charge is 0.316 e. The second-order valence-electron chi connectivity index (χ2n) is 6.10. The monoisotopic (exact) mass is 246 g/mol. The van der Waals surface area contributed by atoms with Crippen LogP contribution in [0.3, 0.4) is 0 Å². The van der Waals surface area contributed by atoms with E-state index in [2.05, 4.69) is 50.4 Å². The van der Waals surface area contributed by atoms with Crippen LogP contribution >= 0.6 is 0 Å². The molecule has 1 aromatic rings. The van der Waals surface area contributed by atoms with Crippen LogP contribution in [-0.2, 0) is 6.42 Å². The van der Waals surface area contributed by atoms with Crippen LogP contribution in [0.5, 0.6) is 0 Å². The number of rotatable bonds is 2. The number of fused-ring (bicyclic) bond motifs is 1. The summed E-state index contributed by atoms with van der Waals surface area (Å²) in [6.07, 6.45) is 6.54. The number of hydrogen-bond acceptors (Lipinski definition) is 2. The van der Waals surface area contributed by atoms with Crippen molar-refractivity contribution >= 4 is 0 Å². The van der Waals surface area contributed by atoms with Gasteiger partial charge in [0.15, 0.2) is 0 Å². The summed E-state index contributed by atoms with van der Waals surface area (Å²) in [4.78, 5) is 4.46. The minimum absolute atomic E-state index is 0.570. The van der Waals surface area contributed by atoms with Gasteiger partial charge in [-0.05, 0) is 60.4 Å². The number of pyridine rings is 1. The molecule has 0 saturated heterocycles. The normalized spacial score (nSPS) is 20.7. The maximum Gasteiger partial charge on any atom is 0.0305 e. The van der Waals surface area contributed by atoms with Crippen LogP contribution in [0.25, 0.3) is 0 Å². The van der Waals surface area contributed by atoms with Crippen LogP contribution in [0, 0.1) is 5.92 Å². The third kappa shape index (κ3) is 2.74. The molecular formula is C16H26N2. The van der Waals surface area contributed by atoms with Gasteiger partial charge in [-0.2, -0.15) is 0 Å². The van der Waals surface area contributed by atoms with Crippen LogP contribution in [0.2, 0.25) is 0 Å². The highest BCUT2D eigenvalue weighted by atomic mass is 14.8. The second kappa shape index (κ2) is 5.83. The van der Waals surface area contributed by atoms with Gasteiger partial charge in [0.1, 0.15) is 0 Å². The Morgan fingerprint density at radius 2 is 1.94 bits per heavy atom. The van der Waals surface area contributed by atoms with Crippen molar-refractivity contribution in [3.05, 3.63) is 29.1 Å². The Kier molecular flexibility index (Phi) is 4.39. The molecular weight excluding hydrogens is 220 g/mol. The lowest BCUT2D eigenvalue weighted by Gasteiger charge is -2.29. The van der Waals surface area contributed by atoms with E-state index < -0.39 is 0 Å². The molecule has 18 heavy (non-hydrogen) atoms. The molecule has 2 nitrogen and oxygen atoms in total. The quantitative estimate of drug-likeness (QED) is 0.864. The first-order valence-corrected chi connectivity index (χ1v) is 7.28. The maximum atomic E-state index is 4.46. The summed E-state index contributed by atoms with van der Waals surface area (Å²) in [5, 5.41) is 3.53. The van der Waals surface area contributed by atoms with Gasteiger partial charge in [0.2, 0.25) is 0 Å². The van der Waals surface area contributed by atoms with Crippen molar-refractivity contribution in [2.45, 2.75) is 52.4 Å². The first-order valence-electron chi connectivity index (χ1n) is 7.28. The van der Waals surface area contributed by atoms with Crippen molar-refractivity contribution in [3.8, 4) is 0 Å². The number of aromatic nitrogens is 1. The Morgan fingerprint density at radius 1 is 1.17 bits per heavy atom. The zero-order valence-electron chi connectivity index (χ0n) is 12.2. The van der Waals surface area contributed by atoms with E-state index in [9.17, 15) is 0 Å². The Hall–Kier alpha value is -0.890. The van der Waals surface area contributed by atoms with E-state index in [1.807, 2.05) is 0 Å². The van der Waals surface area contributed by atoms with E-state index in [4.69, 9.17) is 0 Å². The van der Waals surface area contributed by atoms with Gasteiger partial charge in [-0.1, -0.05) is 27.7 Å².